The van der Waals surface area contributed by atoms with E-state index in [4.69, 9.17) is 0 Å². The highest BCUT2D eigenvalue weighted by Gasteiger charge is 2.18. The maximum atomic E-state index is 12.9. The van der Waals surface area contributed by atoms with Crippen LogP contribution in [0.3, 0.4) is 0 Å². The molecule has 0 bridgehead atoms. The Kier molecular flexibility index (Phi) is 5.69. The number of nitrogens with zero attached hydrogens (tertiary/aromatic N) is 4. The number of amides is 1. The first kappa shape index (κ1) is 19.8. The van der Waals surface area contributed by atoms with Crippen LogP contribution in [0.1, 0.15) is 34.5 Å². The first-order valence-electron chi connectivity index (χ1n) is 10.5. The van der Waals surface area contributed by atoms with Crippen LogP contribution in [0.15, 0.2) is 60.9 Å². The van der Waals surface area contributed by atoms with Crippen LogP contribution in [0.25, 0.3) is 20.9 Å². The lowest BCUT2D eigenvalue weighted by molar-refractivity contribution is 0.0946. The number of benzene rings is 2. The summed E-state index contributed by atoms with van der Waals surface area (Å²) in [5.41, 5.74) is 4.08. The number of rotatable bonds is 6. The van der Waals surface area contributed by atoms with Crippen molar-refractivity contribution in [3.8, 4) is 10.7 Å². The van der Waals surface area contributed by atoms with Gasteiger partial charge in [0.05, 0.1) is 10.2 Å². The molecule has 0 spiro atoms. The molecule has 3 heterocycles. The van der Waals surface area contributed by atoms with Crippen LogP contribution in [0.4, 0.5) is 0 Å². The molecular weight excluding hydrogens is 406 g/mol. The molecule has 6 nitrogen and oxygen atoms in total. The highest BCUT2D eigenvalue weighted by Crippen LogP contribution is 2.30. The van der Waals surface area contributed by atoms with Crippen molar-refractivity contribution in [1.29, 1.82) is 0 Å². The van der Waals surface area contributed by atoms with Crippen molar-refractivity contribution >= 4 is 27.5 Å². The van der Waals surface area contributed by atoms with E-state index >= 15 is 0 Å². The SMILES string of the molecule is O=C(NCc1ccc(CN2CCCC2)cc1)c1nccnc1-c1nc2ccccc2s1. The molecule has 0 atom stereocenters. The molecular formula is C24H23N5OS. The van der Waals surface area contributed by atoms with Crippen molar-refractivity contribution in [3.05, 3.63) is 77.7 Å². The standard InChI is InChI=1S/C24H23N5OS/c30-23(27-15-17-7-9-18(10-8-17)16-29-13-3-4-14-29)21-22(26-12-11-25-21)24-28-19-5-1-2-6-20(19)31-24/h1-2,5-12H,3-4,13-16H2,(H,27,30). The summed E-state index contributed by atoms with van der Waals surface area (Å²) in [4.78, 5) is 28.7. The summed E-state index contributed by atoms with van der Waals surface area (Å²) >= 11 is 1.51. The molecule has 156 valence electrons. The van der Waals surface area contributed by atoms with Crippen molar-refractivity contribution in [2.45, 2.75) is 25.9 Å². The number of hydrogen-bond acceptors (Lipinski definition) is 6. The molecule has 0 radical (unpaired) electrons. The number of likely N-dealkylation sites (tertiary alicyclic amines) is 1. The smallest absolute Gasteiger partial charge is 0.272 e. The van der Waals surface area contributed by atoms with Gasteiger partial charge in [0.1, 0.15) is 10.7 Å². The molecule has 0 saturated carbocycles. The van der Waals surface area contributed by atoms with Gasteiger partial charge in [0.15, 0.2) is 5.69 Å². The van der Waals surface area contributed by atoms with Crippen molar-refractivity contribution in [2.24, 2.45) is 0 Å². The lowest BCUT2D eigenvalue weighted by Gasteiger charge is -2.14. The van der Waals surface area contributed by atoms with Gasteiger partial charge in [-0.05, 0) is 49.2 Å². The van der Waals surface area contributed by atoms with Crippen molar-refractivity contribution in [3.63, 3.8) is 0 Å². The Morgan fingerprint density at radius 2 is 1.71 bits per heavy atom. The molecule has 1 amide bonds. The zero-order chi connectivity index (χ0) is 21.0. The van der Waals surface area contributed by atoms with E-state index in [2.05, 4.69) is 49.4 Å². The fourth-order valence-electron chi connectivity index (χ4n) is 3.86. The monoisotopic (exact) mass is 429 g/mol. The molecule has 1 saturated heterocycles. The van der Waals surface area contributed by atoms with E-state index in [-0.39, 0.29) is 5.91 Å². The number of thiazole rings is 1. The molecule has 5 rings (SSSR count). The fourth-order valence-corrected chi connectivity index (χ4v) is 4.82. The van der Waals surface area contributed by atoms with Gasteiger partial charge in [-0.3, -0.25) is 9.69 Å². The number of fused-ring (bicyclic) bond motifs is 1. The number of carbonyl (C=O) groups excluding carboxylic acids is 1. The largest absolute Gasteiger partial charge is 0.347 e. The van der Waals surface area contributed by atoms with Crippen molar-refractivity contribution in [2.75, 3.05) is 13.1 Å². The van der Waals surface area contributed by atoms with Gasteiger partial charge in [-0.2, -0.15) is 0 Å². The van der Waals surface area contributed by atoms with E-state index in [9.17, 15) is 4.79 Å². The Morgan fingerprint density at radius 1 is 0.968 bits per heavy atom. The van der Waals surface area contributed by atoms with Crippen LogP contribution in [0.5, 0.6) is 0 Å². The molecule has 1 fully saturated rings. The third-order valence-electron chi connectivity index (χ3n) is 5.49. The maximum Gasteiger partial charge on any atom is 0.272 e. The molecule has 2 aromatic carbocycles. The van der Waals surface area contributed by atoms with Crippen molar-refractivity contribution in [1.82, 2.24) is 25.2 Å². The lowest BCUT2D eigenvalue weighted by Crippen LogP contribution is -2.25. The molecule has 1 aliphatic rings. The van der Waals surface area contributed by atoms with E-state index < -0.39 is 0 Å². The molecule has 0 aliphatic carbocycles. The zero-order valence-electron chi connectivity index (χ0n) is 17.1. The Morgan fingerprint density at radius 3 is 2.52 bits per heavy atom. The Hall–Kier alpha value is -3.16. The highest BCUT2D eigenvalue weighted by atomic mass is 32.1. The minimum Gasteiger partial charge on any atom is -0.347 e. The van der Waals surface area contributed by atoms with E-state index in [1.54, 1.807) is 12.4 Å². The summed E-state index contributed by atoms with van der Waals surface area (Å²) in [7, 11) is 0. The van der Waals surface area contributed by atoms with E-state index in [0.29, 0.717) is 22.9 Å². The van der Waals surface area contributed by atoms with Gasteiger partial charge in [0.25, 0.3) is 5.91 Å². The second kappa shape index (κ2) is 8.91. The predicted molar refractivity (Wildman–Crippen MR) is 123 cm³/mol. The predicted octanol–water partition coefficient (Wildman–Crippen LogP) is 4.28. The average Bonchev–Trinajstić information content (AvgIpc) is 3.48. The lowest BCUT2D eigenvalue weighted by atomic mass is 10.1. The second-order valence-electron chi connectivity index (χ2n) is 7.72. The summed E-state index contributed by atoms with van der Waals surface area (Å²) in [6, 6.07) is 16.4. The Bertz CT molecular complexity index is 1170. The number of nitrogens with one attached hydrogen (secondary N) is 1. The van der Waals surface area contributed by atoms with Crippen LogP contribution in [0, 0.1) is 0 Å². The van der Waals surface area contributed by atoms with Crippen LogP contribution in [0.2, 0.25) is 0 Å². The molecule has 4 aromatic rings. The fraction of sp³-hybridized carbons (Fsp3) is 0.250. The van der Waals surface area contributed by atoms with Crippen LogP contribution in [-0.4, -0.2) is 38.8 Å². The number of aromatic nitrogens is 3. The van der Waals surface area contributed by atoms with Gasteiger partial charge < -0.3 is 5.32 Å². The van der Waals surface area contributed by atoms with E-state index in [1.165, 1.54) is 42.8 Å². The Labute approximate surface area is 185 Å². The van der Waals surface area contributed by atoms with Crippen LogP contribution < -0.4 is 5.32 Å². The third-order valence-corrected chi connectivity index (χ3v) is 6.53. The zero-order valence-corrected chi connectivity index (χ0v) is 17.9. The quantitative estimate of drug-likeness (QED) is 0.495. The number of para-hydroxylation sites is 1. The van der Waals surface area contributed by atoms with Gasteiger partial charge in [-0.15, -0.1) is 11.3 Å². The summed E-state index contributed by atoms with van der Waals surface area (Å²) in [6.07, 6.45) is 5.73. The molecule has 1 aliphatic heterocycles. The van der Waals surface area contributed by atoms with E-state index in [1.807, 2.05) is 24.3 Å². The average molecular weight is 430 g/mol. The summed E-state index contributed by atoms with van der Waals surface area (Å²) < 4.78 is 1.06. The minimum atomic E-state index is -0.247. The first-order chi connectivity index (χ1) is 15.3. The first-order valence-corrected chi connectivity index (χ1v) is 11.3. The highest BCUT2D eigenvalue weighted by molar-refractivity contribution is 7.21. The molecule has 1 N–H and O–H groups in total. The Balaban J connectivity index is 1.27. The van der Waals surface area contributed by atoms with Crippen LogP contribution in [-0.2, 0) is 13.1 Å². The molecule has 2 aromatic heterocycles. The maximum absolute atomic E-state index is 12.9. The van der Waals surface area contributed by atoms with E-state index in [0.717, 1.165) is 22.3 Å². The van der Waals surface area contributed by atoms with Gasteiger partial charge in [-0.1, -0.05) is 36.4 Å². The molecule has 7 heteroatoms. The van der Waals surface area contributed by atoms with Gasteiger partial charge in [0.2, 0.25) is 0 Å². The topological polar surface area (TPSA) is 71.0 Å². The summed E-state index contributed by atoms with van der Waals surface area (Å²) in [5, 5.41) is 3.68. The van der Waals surface area contributed by atoms with Gasteiger partial charge in [0, 0.05) is 25.5 Å². The molecule has 0 unspecified atom stereocenters. The number of carbonyl (C=O) groups is 1. The van der Waals surface area contributed by atoms with Crippen LogP contribution >= 0.6 is 11.3 Å². The van der Waals surface area contributed by atoms with Crippen molar-refractivity contribution < 1.29 is 4.79 Å². The summed E-state index contributed by atoms with van der Waals surface area (Å²) in [6.45, 7) is 3.82. The summed E-state index contributed by atoms with van der Waals surface area (Å²) in [5.74, 6) is -0.247. The van der Waals surface area contributed by atoms with Gasteiger partial charge >= 0.3 is 0 Å². The minimum absolute atomic E-state index is 0.247. The third kappa shape index (κ3) is 4.47. The molecule has 31 heavy (non-hydrogen) atoms. The second-order valence-corrected chi connectivity index (χ2v) is 8.75. The normalized spacial score (nSPS) is 14.2. The number of hydrogen-bond donors (Lipinski definition) is 1. The van der Waals surface area contributed by atoms with Gasteiger partial charge in [-0.25, -0.2) is 15.0 Å².